The van der Waals surface area contributed by atoms with Gasteiger partial charge in [0.1, 0.15) is 11.6 Å². The van der Waals surface area contributed by atoms with E-state index in [9.17, 15) is 0 Å². The Morgan fingerprint density at radius 1 is 1.23 bits per heavy atom. The number of hydrogen-bond donors (Lipinski definition) is 2. The van der Waals surface area contributed by atoms with E-state index in [4.69, 9.17) is 14.5 Å². The second-order valence-corrected chi connectivity index (χ2v) is 8.62. The lowest BCUT2D eigenvalue weighted by Crippen LogP contribution is -2.41. The number of nitrogens with one attached hydrogen (secondary N) is 2. The summed E-state index contributed by atoms with van der Waals surface area (Å²) in [6.07, 6.45) is 5.00. The van der Waals surface area contributed by atoms with Crippen LogP contribution in [0.1, 0.15) is 48.5 Å². The van der Waals surface area contributed by atoms with E-state index in [0.29, 0.717) is 13.1 Å². The first kappa shape index (κ1) is 21.6. The quantitative estimate of drug-likeness (QED) is 0.474. The third-order valence-electron chi connectivity index (χ3n) is 5.92. The number of hydrogen-bond acceptors (Lipinski definition) is 5. The Kier molecular flexibility index (Phi) is 7.06. The van der Waals surface area contributed by atoms with Crippen molar-refractivity contribution >= 4 is 5.96 Å². The van der Waals surface area contributed by atoms with E-state index in [1.807, 2.05) is 18.5 Å². The van der Waals surface area contributed by atoms with Crippen molar-refractivity contribution in [2.75, 3.05) is 19.8 Å². The Balaban J connectivity index is 1.43. The van der Waals surface area contributed by atoms with Crippen molar-refractivity contribution in [1.82, 2.24) is 25.4 Å². The van der Waals surface area contributed by atoms with Crippen LogP contribution < -0.4 is 15.4 Å². The van der Waals surface area contributed by atoms with Crippen LogP contribution in [0.4, 0.5) is 0 Å². The minimum atomic E-state index is 0.237. The van der Waals surface area contributed by atoms with Crippen LogP contribution in [-0.2, 0) is 24.9 Å². The highest BCUT2D eigenvalue weighted by Crippen LogP contribution is 2.31. The number of aliphatic imine (C=N–C) groups is 1. The van der Waals surface area contributed by atoms with Gasteiger partial charge in [0.05, 0.1) is 25.8 Å². The van der Waals surface area contributed by atoms with Crippen LogP contribution in [0.2, 0.25) is 0 Å². The summed E-state index contributed by atoms with van der Waals surface area (Å²) in [5.74, 6) is 4.16. The summed E-state index contributed by atoms with van der Waals surface area (Å²) in [5, 5.41) is 15.2. The average Bonchev–Trinajstić information content (AvgIpc) is 3.35. The molecule has 2 aliphatic rings. The first-order valence-corrected chi connectivity index (χ1v) is 11.3. The Morgan fingerprint density at radius 2 is 2.10 bits per heavy atom. The van der Waals surface area contributed by atoms with Crippen molar-refractivity contribution < 1.29 is 9.47 Å². The number of aryl methyl sites for hydroxylation is 2. The Labute approximate surface area is 184 Å². The van der Waals surface area contributed by atoms with E-state index in [2.05, 4.69) is 46.0 Å². The summed E-state index contributed by atoms with van der Waals surface area (Å²) in [6, 6.07) is 6.34. The van der Waals surface area contributed by atoms with Gasteiger partial charge in [-0.1, -0.05) is 12.1 Å². The van der Waals surface area contributed by atoms with Crippen molar-refractivity contribution in [3.63, 3.8) is 0 Å². The molecule has 0 bridgehead atoms. The van der Waals surface area contributed by atoms with E-state index in [0.717, 1.165) is 67.4 Å². The molecule has 1 unspecified atom stereocenters. The Morgan fingerprint density at radius 3 is 2.81 bits per heavy atom. The minimum Gasteiger partial charge on any atom is -0.493 e. The molecule has 1 aromatic heterocycles. The molecule has 31 heavy (non-hydrogen) atoms. The number of aromatic nitrogens is 3. The molecule has 1 saturated carbocycles. The molecule has 8 nitrogen and oxygen atoms in total. The molecule has 1 aliphatic carbocycles. The fourth-order valence-electron chi connectivity index (χ4n) is 3.54. The molecule has 1 aromatic carbocycles. The van der Waals surface area contributed by atoms with Gasteiger partial charge in [-0.05, 0) is 57.1 Å². The minimum absolute atomic E-state index is 0.237. The van der Waals surface area contributed by atoms with Crippen molar-refractivity contribution in [3.8, 4) is 5.75 Å². The average molecular weight is 427 g/mol. The lowest BCUT2D eigenvalue weighted by Gasteiger charge is -2.16. The van der Waals surface area contributed by atoms with Crippen molar-refractivity contribution in [2.24, 2.45) is 18.0 Å². The first-order valence-electron chi connectivity index (χ1n) is 11.3. The maximum atomic E-state index is 6.11. The van der Waals surface area contributed by atoms with Crippen molar-refractivity contribution in [3.05, 3.63) is 41.0 Å². The van der Waals surface area contributed by atoms with Gasteiger partial charge >= 0.3 is 0 Å². The molecule has 0 radical (unpaired) electrons. The van der Waals surface area contributed by atoms with Gasteiger partial charge in [-0.3, -0.25) is 0 Å². The van der Waals surface area contributed by atoms with Crippen LogP contribution in [-0.4, -0.2) is 46.6 Å². The molecule has 1 atom stereocenters. The second-order valence-electron chi connectivity index (χ2n) is 8.62. The summed E-state index contributed by atoms with van der Waals surface area (Å²) in [5.41, 5.74) is 2.30. The van der Waals surface area contributed by atoms with Crippen LogP contribution in [0.25, 0.3) is 0 Å². The van der Waals surface area contributed by atoms with Crippen LogP contribution in [0.15, 0.2) is 23.2 Å². The molecule has 2 heterocycles. The molecule has 0 spiro atoms. The fraction of sp³-hybridized carbons (Fsp3) is 0.609. The van der Waals surface area contributed by atoms with Gasteiger partial charge in [0.25, 0.3) is 0 Å². The van der Waals surface area contributed by atoms with Gasteiger partial charge in [-0.15, -0.1) is 10.2 Å². The number of guanidine groups is 1. The summed E-state index contributed by atoms with van der Waals surface area (Å²) in [4.78, 5) is 4.84. The summed E-state index contributed by atoms with van der Waals surface area (Å²) in [6.45, 7) is 7.51. The van der Waals surface area contributed by atoms with Gasteiger partial charge in [0.15, 0.2) is 11.8 Å². The topological polar surface area (TPSA) is 85.6 Å². The molecule has 2 N–H and O–H groups in total. The van der Waals surface area contributed by atoms with Gasteiger partial charge in [-0.25, -0.2) is 4.99 Å². The second kappa shape index (κ2) is 10.1. The summed E-state index contributed by atoms with van der Waals surface area (Å²) >= 11 is 0. The van der Waals surface area contributed by atoms with E-state index in [-0.39, 0.29) is 6.10 Å². The zero-order valence-electron chi connectivity index (χ0n) is 18.9. The highest BCUT2D eigenvalue weighted by atomic mass is 16.5. The van der Waals surface area contributed by atoms with Crippen molar-refractivity contribution in [2.45, 2.75) is 58.7 Å². The van der Waals surface area contributed by atoms with Gasteiger partial charge in [0.2, 0.25) is 0 Å². The predicted molar refractivity (Wildman–Crippen MR) is 120 cm³/mol. The van der Waals surface area contributed by atoms with Crippen LogP contribution in [0, 0.1) is 19.8 Å². The zero-order chi connectivity index (χ0) is 21.6. The number of nitrogens with zero attached hydrogens (tertiary/aromatic N) is 4. The van der Waals surface area contributed by atoms with E-state index in [1.165, 1.54) is 18.4 Å². The maximum absolute atomic E-state index is 6.11. The van der Waals surface area contributed by atoms with Gasteiger partial charge in [0, 0.05) is 25.8 Å². The highest BCUT2D eigenvalue weighted by molar-refractivity contribution is 5.79. The SMILES string of the molecule is Cc1ccc(CN=C(NCc2nnc(C)n2C)NCC2CCCO2)c(OCC2CC2)c1. The lowest BCUT2D eigenvalue weighted by molar-refractivity contribution is 0.113. The first-order chi connectivity index (χ1) is 15.1. The molecular weight excluding hydrogens is 392 g/mol. The standard InChI is InChI=1S/C23H34N6O2/c1-16-6-9-19(21(11-16)31-15-18-7-8-18)12-24-23(25-13-20-5-4-10-30-20)26-14-22-28-27-17(2)29(22)3/h6,9,11,18,20H,4-5,7-8,10,12-15H2,1-3H3,(H2,24,25,26). The molecule has 2 aromatic rings. The lowest BCUT2D eigenvalue weighted by atomic mass is 10.1. The van der Waals surface area contributed by atoms with E-state index in [1.54, 1.807) is 0 Å². The van der Waals surface area contributed by atoms with Crippen molar-refractivity contribution in [1.29, 1.82) is 0 Å². The molecule has 8 heteroatoms. The van der Waals surface area contributed by atoms with E-state index < -0.39 is 0 Å². The molecule has 1 saturated heterocycles. The van der Waals surface area contributed by atoms with Gasteiger partial charge in [-0.2, -0.15) is 0 Å². The molecule has 2 fully saturated rings. The molecule has 4 rings (SSSR count). The molecular formula is C23H34N6O2. The van der Waals surface area contributed by atoms with Crippen LogP contribution in [0.5, 0.6) is 5.75 Å². The summed E-state index contributed by atoms with van der Waals surface area (Å²) < 4.78 is 13.8. The third kappa shape index (κ3) is 6.19. The molecule has 168 valence electrons. The van der Waals surface area contributed by atoms with Gasteiger partial charge < -0.3 is 24.7 Å². The Hall–Kier alpha value is -2.61. The van der Waals surface area contributed by atoms with E-state index >= 15 is 0 Å². The zero-order valence-corrected chi connectivity index (χ0v) is 18.9. The molecule has 0 amide bonds. The smallest absolute Gasteiger partial charge is 0.192 e. The number of rotatable bonds is 9. The maximum Gasteiger partial charge on any atom is 0.192 e. The number of ether oxygens (including phenoxy) is 2. The monoisotopic (exact) mass is 426 g/mol. The normalized spacial score (nSPS) is 18.9. The predicted octanol–water partition coefficient (Wildman–Crippen LogP) is 2.64. The summed E-state index contributed by atoms with van der Waals surface area (Å²) in [7, 11) is 1.97. The fourth-order valence-corrected chi connectivity index (χ4v) is 3.54. The third-order valence-corrected chi connectivity index (χ3v) is 5.92. The highest BCUT2D eigenvalue weighted by Gasteiger charge is 2.22. The van der Waals surface area contributed by atoms with Crippen LogP contribution in [0.3, 0.4) is 0 Å². The number of benzene rings is 1. The molecule has 1 aliphatic heterocycles. The Bertz CT molecular complexity index is 899. The largest absolute Gasteiger partial charge is 0.493 e. The van der Waals surface area contributed by atoms with Crippen LogP contribution >= 0.6 is 0 Å².